The lowest BCUT2D eigenvalue weighted by Crippen LogP contribution is -2.32. The first-order valence-electron chi connectivity index (χ1n) is 9.98. The van der Waals surface area contributed by atoms with Crippen molar-refractivity contribution in [1.82, 2.24) is 10.1 Å². The van der Waals surface area contributed by atoms with Crippen LogP contribution in [0.3, 0.4) is 0 Å². The maximum atomic E-state index is 12.3. The number of sulfonamides is 1. The van der Waals surface area contributed by atoms with E-state index in [-0.39, 0.29) is 17.2 Å². The molecule has 0 bridgehead atoms. The number of hydrogen-bond acceptors (Lipinski definition) is 7. The first-order valence-corrected chi connectivity index (χ1v) is 12.3. The average Bonchev–Trinajstić information content (AvgIpc) is 3.27. The largest absolute Gasteiger partial charge is 0.494 e. The molecule has 0 fully saturated rings. The minimum Gasteiger partial charge on any atom is -0.494 e. The van der Waals surface area contributed by atoms with E-state index in [1.165, 1.54) is 18.3 Å². The number of carbonyl (C=O) groups excluding carboxylic acids is 2. The fourth-order valence-electron chi connectivity index (χ4n) is 2.62. The van der Waals surface area contributed by atoms with E-state index in [1.54, 1.807) is 48.5 Å². The predicted octanol–water partition coefficient (Wildman–Crippen LogP) is 3.01. The molecule has 0 saturated carbocycles. The third-order valence-electron chi connectivity index (χ3n) is 4.23. The summed E-state index contributed by atoms with van der Waals surface area (Å²) >= 11 is 3.25. The highest BCUT2D eigenvalue weighted by Crippen LogP contribution is 2.16. The molecule has 178 valence electrons. The molecular formula is C22H21BrN4O6S. The van der Waals surface area contributed by atoms with Gasteiger partial charge in [0.2, 0.25) is 10.0 Å². The Morgan fingerprint density at radius 3 is 2.41 bits per heavy atom. The Morgan fingerprint density at radius 2 is 1.74 bits per heavy atom. The molecular weight excluding hydrogens is 528 g/mol. The van der Waals surface area contributed by atoms with E-state index in [1.807, 2.05) is 6.92 Å². The fraction of sp³-hybridized carbons (Fsp3) is 0.136. The monoisotopic (exact) mass is 548 g/mol. The van der Waals surface area contributed by atoms with Crippen molar-refractivity contribution in [3.05, 3.63) is 76.7 Å². The second-order valence-electron chi connectivity index (χ2n) is 6.69. The second-order valence-corrected chi connectivity index (χ2v) is 9.38. The van der Waals surface area contributed by atoms with Crippen molar-refractivity contribution >= 4 is 49.7 Å². The molecule has 2 aromatic carbocycles. The van der Waals surface area contributed by atoms with Crippen LogP contribution >= 0.6 is 15.9 Å². The third-order valence-corrected chi connectivity index (χ3v) is 6.18. The summed E-state index contributed by atoms with van der Waals surface area (Å²) in [4.78, 5) is 24.0. The first-order chi connectivity index (χ1) is 16.3. The Morgan fingerprint density at radius 1 is 1.03 bits per heavy atom. The number of anilines is 1. The van der Waals surface area contributed by atoms with E-state index in [0.717, 1.165) is 4.47 Å². The van der Waals surface area contributed by atoms with Gasteiger partial charge >= 0.3 is 11.8 Å². The van der Waals surface area contributed by atoms with Crippen LogP contribution in [-0.2, 0) is 26.2 Å². The summed E-state index contributed by atoms with van der Waals surface area (Å²) in [5, 5.41) is 6.12. The Hall–Kier alpha value is -3.48. The third kappa shape index (κ3) is 7.27. The van der Waals surface area contributed by atoms with Gasteiger partial charge in [0.25, 0.3) is 0 Å². The summed E-state index contributed by atoms with van der Waals surface area (Å²) in [5.41, 5.74) is 2.52. The smallest absolute Gasteiger partial charge is 0.329 e. The second kappa shape index (κ2) is 11.6. The maximum Gasteiger partial charge on any atom is 0.329 e. The zero-order valence-electron chi connectivity index (χ0n) is 17.9. The summed E-state index contributed by atoms with van der Waals surface area (Å²) in [6.45, 7) is 2.30. The van der Waals surface area contributed by atoms with E-state index in [4.69, 9.17) is 9.15 Å². The zero-order valence-corrected chi connectivity index (χ0v) is 20.4. The molecule has 1 aromatic heterocycles. The van der Waals surface area contributed by atoms with Crippen LogP contribution in [0.4, 0.5) is 5.69 Å². The Kier molecular flexibility index (Phi) is 8.57. The quantitative estimate of drug-likeness (QED) is 0.213. The van der Waals surface area contributed by atoms with Crippen LogP contribution in [-0.4, -0.2) is 33.1 Å². The summed E-state index contributed by atoms with van der Waals surface area (Å²) in [5.74, 6) is -0.636. The molecule has 3 N–H and O–H groups in total. The molecule has 2 amide bonds. The molecule has 0 radical (unpaired) electrons. The van der Waals surface area contributed by atoms with Gasteiger partial charge in [-0.05, 0) is 67.6 Å². The number of amides is 2. The van der Waals surface area contributed by atoms with Crippen LogP contribution in [0.15, 0.2) is 79.6 Å². The van der Waals surface area contributed by atoms with Crippen LogP contribution in [0.5, 0.6) is 5.75 Å². The standard InChI is InChI=1S/C22H21BrN4O6S/c1-2-32-17-7-5-16(6-8-17)26-21(28)22(29)27-24-13-18-9-10-19(33-18)14-25-34(30,31)20-11-3-15(23)4-12-20/h3-13,25H,2,14H2,1H3,(H,26,28)(H,27,29)/b24-13+. The molecule has 0 aliphatic carbocycles. The van der Waals surface area contributed by atoms with Gasteiger partial charge < -0.3 is 14.5 Å². The summed E-state index contributed by atoms with van der Waals surface area (Å²) in [6.07, 6.45) is 1.19. The molecule has 10 nitrogen and oxygen atoms in total. The molecule has 34 heavy (non-hydrogen) atoms. The molecule has 3 rings (SSSR count). The fourth-order valence-corrected chi connectivity index (χ4v) is 3.87. The van der Waals surface area contributed by atoms with E-state index in [0.29, 0.717) is 23.8 Å². The van der Waals surface area contributed by atoms with Crippen molar-refractivity contribution in [3.8, 4) is 5.75 Å². The van der Waals surface area contributed by atoms with Gasteiger partial charge in [-0.1, -0.05) is 15.9 Å². The van der Waals surface area contributed by atoms with Gasteiger partial charge in [0.05, 0.1) is 24.3 Å². The van der Waals surface area contributed by atoms with Crippen LogP contribution in [0.25, 0.3) is 0 Å². The van der Waals surface area contributed by atoms with E-state index in [9.17, 15) is 18.0 Å². The predicted molar refractivity (Wildman–Crippen MR) is 129 cm³/mol. The number of ether oxygens (including phenoxy) is 1. The van der Waals surface area contributed by atoms with Crippen molar-refractivity contribution in [3.63, 3.8) is 0 Å². The van der Waals surface area contributed by atoms with Crippen molar-refractivity contribution in [2.45, 2.75) is 18.4 Å². The Labute approximate surface area is 204 Å². The number of hydrogen-bond donors (Lipinski definition) is 3. The van der Waals surface area contributed by atoms with E-state index in [2.05, 4.69) is 36.5 Å². The number of nitrogens with zero attached hydrogens (tertiary/aromatic N) is 1. The Bertz CT molecular complexity index is 1270. The van der Waals surface area contributed by atoms with Crippen LogP contribution in [0, 0.1) is 0 Å². The summed E-state index contributed by atoms with van der Waals surface area (Å²) in [6, 6.07) is 15.9. The average molecular weight is 549 g/mol. The maximum absolute atomic E-state index is 12.3. The molecule has 1 heterocycles. The van der Waals surface area contributed by atoms with Gasteiger partial charge in [-0.2, -0.15) is 5.10 Å². The molecule has 0 atom stereocenters. The Balaban J connectivity index is 1.48. The highest BCUT2D eigenvalue weighted by molar-refractivity contribution is 9.10. The number of furan rings is 1. The van der Waals surface area contributed by atoms with Crippen molar-refractivity contribution in [2.75, 3.05) is 11.9 Å². The molecule has 3 aromatic rings. The SMILES string of the molecule is CCOc1ccc(NC(=O)C(=O)N/N=C/c2ccc(CNS(=O)(=O)c3ccc(Br)cc3)o2)cc1. The van der Waals surface area contributed by atoms with Crippen LogP contribution < -0.4 is 20.2 Å². The van der Waals surface area contributed by atoms with Crippen molar-refractivity contribution < 1.29 is 27.2 Å². The topological polar surface area (TPSA) is 139 Å². The highest BCUT2D eigenvalue weighted by Gasteiger charge is 2.15. The summed E-state index contributed by atoms with van der Waals surface area (Å²) in [7, 11) is -3.71. The van der Waals surface area contributed by atoms with E-state index >= 15 is 0 Å². The van der Waals surface area contributed by atoms with Crippen molar-refractivity contribution in [1.29, 1.82) is 0 Å². The number of benzene rings is 2. The van der Waals surface area contributed by atoms with E-state index < -0.39 is 21.8 Å². The minimum absolute atomic E-state index is 0.0803. The van der Waals surface area contributed by atoms with Gasteiger partial charge in [0, 0.05) is 10.2 Å². The van der Waals surface area contributed by atoms with Gasteiger partial charge in [-0.3, -0.25) is 9.59 Å². The highest BCUT2D eigenvalue weighted by atomic mass is 79.9. The van der Waals surface area contributed by atoms with Gasteiger partial charge in [0.15, 0.2) is 0 Å². The number of hydrazone groups is 1. The van der Waals surface area contributed by atoms with Gasteiger partial charge in [-0.15, -0.1) is 0 Å². The zero-order chi connectivity index (χ0) is 24.6. The van der Waals surface area contributed by atoms with Gasteiger partial charge in [-0.25, -0.2) is 18.6 Å². The minimum atomic E-state index is -3.71. The lowest BCUT2D eigenvalue weighted by Gasteiger charge is -2.06. The van der Waals surface area contributed by atoms with Crippen molar-refractivity contribution in [2.24, 2.45) is 5.10 Å². The molecule has 12 heteroatoms. The van der Waals surface area contributed by atoms with Gasteiger partial charge in [0.1, 0.15) is 17.3 Å². The van der Waals surface area contributed by atoms with Crippen LogP contribution in [0.1, 0.15) is 18.4 Å². The first kappa shape index (κ1) is 25.1. The number of rotatable bonds is 9. The van der Waals surface area contributed by atoms with Crippen LogP contribution in [0.2, 0.25) is 0 Å². The molecule has 0 aliphatic rings. The number of halogens is 1. The molecule has 0 saturated heterocycles. The summed E-state index contributed by atoms with van der Waals surface area (Å²) < 4.78 is 38.6. The lowest BCUT2D eigenvalue weighted by atomic mass is 10.3. The number of nitrogens with one attached hydrogen (secondary N) is 3. The number of carbonyl (C=O) groups is 2. The lowest BCUT2D eigenvalue weighted by molar-refractivity contribution is -0.136. The molecule has 0 spiro atoms. The molecule has 0 unspecified atom stereocenters. The normalized spacial score (nSPS) is 11.4. The molecule has 0 aliphatic heterocycles.